The number of carbonyl (C=O) groups is 4. The number of rotatable bonds is 8. The molecule has 206 valence electrons. The first-order chi connectivity index (χ1) is 19.1. The zero-order valence-electron chi connectivity index (χ0n) is 22.7. The van der Waals surface area contributed by atoms with Crippen molar-refractivity contribution in [2.45, 2.75) is 32.6 Å². The van der Waals surface area contributed by atoms with Gasteiger partial charge in [-0.2, -0.15) is 0 Å². The minimum absolute atomic E-state index is 0.0368. The van der Waals surface area contributed by atoms with Gasteiger partial charge >= 0.3 is 0 Å². The Morgan fingerprint density at radius 3 is 2.23 bits per heavy atom. The number of hydrogen-bond acceptors (Lipinski definition) is 6. The van der Waals surface area contributed by atoms with Crippen LogP contribution in [0, 0.1) is 0 Å². The molecule has 0 radical (unpaired) electrons. The van der Waals surface area contributed by atoms with E-state index < -0.39 is 11.8 Å². The summed E-state index contributed by atoms with van der Waals surface area (Å²) < 4.78 is 11.5. The van der Waals surface area contributed by atoms with Gasteiger partial charge in [0.15, 0.2) is 6.61 Å². The fourth-order valence-corrected chi connectivity index (χ4v) is 4.71. The minimum Gasteiger partial charge on any atom is -0.492 e. The molecule has 2 aliphatic heterocycles. The average Bonchev–Trinajstić information content (AvgIpc) is 3.17. The molecule has 0 fully saturated rings. The smallest absolute Gasteiger partial charge is 0.265 e. The van der Waals surface area contributed by atoms with E-state index in [2.05, 4.69) is 26.1 Å². The molecular formula is C31H31N3O6. The Balaban J connectivity index is 1.19. The lowest BCUT2D eigenvalue weighted by Gasteiger charge is -2.29. The van der Waals surface area contributed by atoms with Crippen molar-refractivity contribution in [1.82, 2.24) is 4.90 Å². The van der Waals surface area contributed by atoms with E-state index in [0.29, 0.717) is 40.5 Å². The van der Waals surface area contributed by atoms with Gasteiger partial charge in [-0.1, -0.05) is 45.0 Å². The fraction of sp³-hybridized carbons (Fsp3) is 0.290. The molecule has 0 unspecified atom stereocenters. The number of anilines is 2. The Hall–Kier alpha value is -4.66. The van der Waals surface area contributed by atoms with Crippen LogP contribution >= 0.6 is 0 Å². The second-order valence-electron chi connectivity index (χ2n) is 10.7. The average molecular weight is 542 g/mol. The summed E-state index contributed by atoms with van der Waals surface area (Å²) in [4.78, 5) is 53.1. The highest BCUT2D eigenvalue weighted by molar-refractivity contribution is 6.21. The summed E-state index contributed by atoms with van der Waals surface area (Å²) in [6.07, 6.45) is -0.0659. The van der Waals surface area contributed by atoms with Gasteiger partial charge in [0.05, 0.1) is 23.4 Å². The molecule has 1 N–H and O–H groups in total. The van der Waals surface area contributed by atoms with E-state index in [9.17, 15) is 19.2 Å². The van der Waals surface area contributed by atoms with E-state index in [-0.39, 0.29) is 43.4 Å². The van der Waals surface area contributed by atoms with Gasteiger partial charge in [0.1, 0.15) is 18.1 Å². The maximum Gasteiger partial charge on any atom is 0.265 e. The van der Waals surface area contributed by atoms with Crippen LogP contribution in [0.1, 0.15) is 53.5 Å². The van der Waals surface area contributed by atoms with Gasteiger partial charge < -0.3 is 19.7 Å². The molecule has 0 aliphatic carbocycles. The molecule has 0 saturated heterocycles. The van der Waals surface area contributed by atoms with Crippen LogP contribution in [-0.4, -0.2) is 54.8 Å². The molecule has 2 heterocycles. The summed E-state index contributed by atoms with van der Waals surface area (Å²) in [5.74, 6) is -0.144. The zero-order valence-corrected chi connectivity index (χ0v) is 22.7. The lowest BCUT2D eigenvalue weighted by atomic mass is 9.87. The molecular weight excluding hydrogens is 510 g/mol. The number of nitrogens with zero attached hydrogens (tertiary/aromatic N) is 2. The summed E-state index contributed by atoms with van der Waals surface area (Å²) in [6.45, 7) is 6.90. The number of fused-ring (bicyclic) bond motifs is 2. The molecule has 0 aromatic heterocycles. The molecule has 9 nitrogen and oxygen atoms in total. The molecule has 3 aromatic rings. The molecule has 0 spiro atoms. The van der Waals surface area contributed by atoms with Crippen molar-refractivity contribution < 1.29 is 28.7 Å². The second kappa shape index (κ2) is 10.8. The summed E-state index contributed by atoms with van der Waals surface area (Å²) in [5.41, 5.74) is 2.94. The number of nitrogens with one attached hydrogen (secondary N) is 1. The van der Waals surface area contributed by atoms with Crippen LogP contribution in [0.15, 0.2) is 66.7 Å². The summed E-state index contributed by atoms with van der Waals surface area (Å²) >= 11 is 0. The van der Waals surface area contributed by atoms with Gasteiger partial charge in [-0.15, -0.1) is 0 Å². The third-order valence-corrected chi connectivity index (χ3v) is 6.93. The van der Waals surface area contributed by atoms with Gasteiger partial charge in [0, 0.05) is 18.7 Å². The molecule has 40 heavy (non-hydrogen) atoms. The highest BCUT2D eigenvalue weighted by Crippen LogP contribution is 2.35. The number of hydrogen-bond donors (Lipinski definition) is 1. The van der Waals surface area contributed by atoms with Crippen molar-refractivity contribution in [3.8, 4) is 11.5 Å². The predicted molar refractivity (Wildman–Crippen MR) is 150 cm³/mol. The van der Waals surface area contributed by atoms with Crippen LogP contribution in [0.3, 0.4) is 0 Å². The highest BCUT2D eigenvalue weighted by Gasteiger charge is 2.35. The number of imide groups is 1. The monoisotopic (exact) mass is 541 g/mol. The summed E-state index contributed by atoms with van der Waals surface area (Å²) in [6, 6.07) is 19.6. The lowest BCUT2D eigenvalue weighted by molar-refractivity contribution is -0.121. The summed E-state index contributed by atoms with van der Waals surface area (Å²) in [5, 5.41) is 2.79. The Kier molecular flexibility index (Phi) is 7.30. The molecule has 0 bridgehead atoms. The van der Waals surface area contributed by atoms with Crippen molar-refractivity contribution in [2.24, 2.45) is 0 Å². The normalized spacial score (nSPS) is 14.5. The van der Waals surface area contributed by atoms with Crippen molar-refractivity contribution in [3.63, 3.8) is 0 Å². The van der Waals surface area contributed by atoms with E-state index in [4.69, 9.17) is 9.47 Å². The zero-order chi connectivity index (χ0) is 28.4. The number of amides is 4. The van der Waals surface area contributed by atoms with Gasteiger partial charge in [0.25, 0.3) is 17.7 Å². The van der Waals surface area contributed by atoms with Crippen LogP contribution in [0.25, 0.3) is 0 Å². The first-order valence-corrected chi connectivity index (χ1v) is 13.2. The van der Waals surface area contributed by atoms with Gasteiger partial charge in [-0.25, -0.2) is 0 Å². The topological polar surface area (TPSA) is 105 Å². The predicted octanol–water partition coefficient (Wildman–Crippen LogP) is 4.41. The standard InChI is InChI=1S/C31H31N3O6/c1-31(2,3)20-8-11-22(12-9-20)39-17-16-33-25-18-21(10-13-26(25)40-19-28(33)36)32-27(35)14-15-34-29(37)23-6-4-5-7-24(23)30(34)38/h4-13,18H,14-17,19H2,1-3H3,(H,32,35). The number of ether oxygens (including phenoxy) is 2. The van der Waals surface area contributed by atoms with Crippen LogP contribution in [-0.2, 0) is 15.0 Å². The lowest BCUT2D eigenvalue weighted by Crippen LogP contribution is -2.41. The third kappa shape index (κ3) is 5.54. The highest BCUT2D eigenvalue weighted by atomic mass is 16.5. The first kappa shape index (κ1) is 26.9. The Morgan fingerprint density at radius 1 is 0.900 bits per heavy atom. The Labute approximate surface area is 232 Å². The van der Waals surface area contributed by atoms with E-state index in [1.165, 1.54) is 5.56 Å². The van der Waals surface area contributed by atoms with E-state index in [0.717, 1.165) is 4.90 Å². The van der Waals surface area contributed by atoms with Crippen molar-refractivity contribution >= 4 is 35.0 Å². The quantitative estimate of drug-likeness (QED) is 0.424. The maximum atomic E-state index is 12.7. The molecule has 0 saturated carbocycles. The van der Waals surface area contributed by atoms with E-state index in [1.54, 1.807) is 47.4 Å². The van der Waals surface area contributed by atoms with E-state index in [1.807, 2.05) is 24.3 Å². The fourth-order valence-electron chi connectivity index (χ4n) is 4.71. The van der Waals surface area contributed by atoms with Crippen LogP contribution in [0.5, 0.6) is 11.5 Å². The Morgan fingerprint density at radius 2 is 1.57 bits per heavy atom. The van der Waals surface area contributed by atoms with E-state index >= 15 is 0 Å². The van der Waals surface area contributed by atoms with Crippen molar-refractivity contribution in [2.75, 3.05) is 36.5 Å². The van der Waals surface area contributed by atoms with Gasteiger partial charge in [-0.05, 0) is 53.4 Å². The molecule has 9 heteroatoms. The number of benzene rings is 3. The molecule has 3 aromatic carbocycles. The number of carbonyl (C=O) groups excluding carboxylic acids is 4. The molecule has 5 rings (SSSR count). The molecule has 0 atom stereocenters. The van der Waals surface area contributed by atoms with Crippen LogP contribution in [0.4, 0.5) is 11.4 Å². The largest absolute Gasteiger partial charge is 0.492 e. The minimum atomic E-state index is -0.402. The Bertz CT molecular complexity index is 1440. The SMILES string of the molecule is CC(C)(C)c1ccc(OCCN2C(=O)COc3ccc(NC(=O)CCN4C(=O)c5ccccc5C4=O)cc32)cc1. The van der Waals surface area contributed by atoms with Gasteiger partial charge in [0.2, 0.25) is 5.91 Å². The summed E-state index contributed by atoms with van der Waals surface area (Å²) in [7, 11) is 0. The second-order valence-corrected chi connectivity index (χ2v) is 10.7. The first-order valence-electron chi connectivity index (χ1n) is 13.2. The van der Waals surface area contributed by atoms with Crippen LogP contribution < -0.4 is 19.7 Å². The van der Waals surface area contributed by atoms with Gasteiger partial charge in [-0.3, -0.25) is 24.1 Å². The van der Waals surface area contributed by atoms with Crippen molar-refractivity contribution in [1.29, 1.82) is 0 Å². The van der Waals surface area contributed by atoms with Crippen LogP contribution in [0.2, 0.25) is 0 Å². The molecule has 2 aliphatic rings. The maximum absolute atomic E-state index is 12.7. The van der Waals surface area contributed by atoms with Crippen molar-refractivity contribution in [3.05, 3.63) is 83.4 Å². The third-order valence-electron chi connectivity index (χ3n) is 6.93. The molecule has 4 amide bonds.